The van der Waals surface area contributed by atoms with Crippen LogP contribution in [0.4, 0.5) is 4.79 Å². The first-order valence-electron chi connectivity index (χ1n) is 9.27. The van der Waals surface area contributed by atoms with Gasteiger partial charge >= 0.3 is 6.09 Å². The van der Waals surface area contributed by atoms with Gasteiger partial charge in [-0.1, -0.05) is 6.92 Å². The molecule has 1 amide bonds. The molecule has 1 heterocycles. The molecule has 2 atom stereocenters. The highest BCUT2D eigenvalue weighted by Gasteiger charge is 2.38. The maximum Gasteiger partial charge on any atom is 0.410 e. The normalized spacial score (nSPS) is 25.6. The fourth-order valence-electron chi connectivity index (χ4n) is 3.41. The molecule has 1 saturated heterocycles. The number of nitrogens with zero attached hydrogens (tertiary/aromatic N) is 2. The Morgan fingerprint density at radius 2 is 2.00 bits per heavy atom. The molecule has 0 spiro atoms. The highest BCUT2D eigenvalue weighted by Crippen LogP contribution is 2.33. The van der Waals surface area contributed by atoms with Gasteiger partial charge in [0.2, 0.25) is 0 Å². The Morgan fingerprint density at radius 3 is 2.57 bits per heavy atom. The smallest absolute Gasteiger partial charge is 0.410 e. The summed E-state index contributed by atoms with van der Waals surface area (Å²) >= 11 is 0. The Labute approximate surface area is 141 Å². The molecule has 134 valence electrons. The van der Waals surface area contributed by atoms with Crippen molar-refractivity contribution in [1.82, 2.24) is 15.1 Å². The largest absolute Gasteiger partial charge is 0.444 e. The van der Waals surface area contributed by atoms with Crippen molar-refractivity contribution in [1.29, 1.82) is 0 Å². The molecule has 0 bridgehead atoms. The molecule has 2 unspecified atom stereocenters. The molecular formula is C18H35N3O2. The maximum absolute atomic E-state index is 12.2. The van der Waals surface area contributed by atoms with Gasteiger partial charge in [0.1, 0.15) is 5.60 Å². The monoisotopic (exact) mass is 325 g/mol. The average molecular weight is 325 g/mol. The number of hydrogen-bond acceptors (Lipinski definition) is 4. The first-order valence-corrected chi connectivity index (χ1v) is 9.27. The topological polar surface area (TPSA) is 44.8 Å². The van der Waals surface area contributed by atoms with Crippen LogP contribution in [0.15, 0.2) is 0 Å². The van der Waals surface area contributed by atoms with Gasteiger partial charge in [0.25, 0.3) is 0 Å². The molecule has 0 aromatic carbocycles. The van der Waals surface area contributed by atoms with Crippen LogP contribution in [0, 0.1) is 0 Å². The van der Waals surface area contributed by atoms with Crippen molar-refractivity contribution in [3.8, 4) is 0 Å². The zero-order valence-electron chi connectivity index (χ0n) is 15.6. The van der Waals surface area contributed by atoms with E-state index in [0.29, 0.717) is 12.1 Å². The minimum Gasteiger partial charge on any atom is -0.444 e. The van der Waals surface area contributed by atoms with E-state index in [0.717, 1.165) is 38.6 Å². The lowest BCUT2D eigenvalue weighted by Gasteiger charge is -2.27. The summed E-state index contributed by atoms with van der Waals surface area (Å²) in [7, 11) is 0. The second-order valence-electron chi connectivity index (χ2n) is 8.13. The fraction of sp³-hybridized carbons (Fsp3) is 0.944. The van der Waals surface area contributed by atoms with Gasteiger partial charge in [0.05, 0.1) is 0 Å². The van der Waals surface area contributed by atoms with E-state index in [4.69, 9.17) is 4.74 Å². The summed E-state index contributed by atoms with van der Waals surface area (Å²) in [6.45, 7) is 13.7. The summed E-state index contributed by atoms with van der Waals surface area (Å²) in [6.07, 6.45) is 4.73. The van der Waals surface area contributed by atoms with Crippen LogP contribution in [0.25, 0.3) is 0 Å². The Kier molecular flexibility index (Phi) is 6.32. The number of ether oxygens (including phenoxy) is 1. The minimum atomic E-state index is -0.428. The van der Waals surface area contributed by atoms with Gasteiger partial charge < -0.3 is 15.0 Å². The standard InChI is InChI=1S/C18H35N3O2/c1-6-10-20(17(22)23-18(3,4)5)11-9-19-15-12-14(2)21(13-15)16-7-8-16/h14-16,19H,6-13H2,1-5H3. The molecule has 0 aromatic heterocycles. The molecule has 23 heavy (non-hydrogen) atoms. The van der Waals surface area contributed by atoms with E-state index < -0.39 is 5.60 Å². The van der Waals surface area contributed by atoms with E-state index in [1.807, 2.05) is 25.7 Å². The zero-order chi connectivity index (χ0) is 17.0. The lowest BCUT2D eigenvalue weighted by atomic mass is 10.2. The van der Waals surface area contributed by atoms with Crippen molar-refractivity contribution in [3.63, 3.8) is 0 Å². The van der Waals surface area contributed by atoms with Crippen molar-refractivity contribution in [3.05, 3.63) is 0 Å². The lowest BCUT2D eigenvalue weighted by molar-refractivity contribution is 0.0250. The van der Waals surface area contributed by atoms with E-state index in [1.165, 1.54) is 19.3 Å². The highest BCUT2D eigenvalue weighted by atomic mass is 16.6. The van der Waals surface area contributed by atoms with Crippen LogP contribution in [0.3, 0.4) is 0 Å². The summed E-state index contributed by atoms with van der Waals surface area (Å²) in [4.78, 5) is 16.7. The average Bonchev–Trinajstić information content (AvgIpc) is 3.20. The second-order valence-corrected chi connectivity index (χ2v) is 8.13. The molecule has 1 N–H and O–H groups in total. The molecule has 0 radical (unpaired) electrons. The third-order valence-electron chi connectivity index (χ3n) is 4.60. The molecule has 5 heteroatoms. The van der Waals surface area contributed by atoms with Crippen LogP contribution < -0.4 is 5.32 Å². The summed E-state index contributed by atoms with van der Waals surface area (Å²) in [5, 5.41) is 3.64. The van der Waals surface area contributed by atoms with Crippen LogP contribution in [-0.2, 0) is 4.74 Å². The number of hydrogen-bond donors (Lipinski definition) is 1. The Bertz CT molecular complexity index is 390. The van der Waals surface area contributed by atoms with Crippen molar-refractivity contribution in [2.24, 2.45) is 0 Å². The molecular weight excluding hydrogens is 290 g/mol. The molecule has 0 aromatic rings. The van der Waals surface area contributed by atoms with Crippen LogP contribution in [0.1, 0.15) is 60.3 Å². The van der Waals surface area contributed by atoms with Crippen LogP contribution in [0.5, 0.6) is 0 Å². The molecule has 5 nitrogen and oxygen atoms in total. The molecule has 1 aliphatic carbocycles. The van der Waals surface area contributed by atoms with Crippen molar-refractivity contribution < 1.29 is 9.53 Å². The first-order chi connectivity index (χ1) is 10.8. The number of nitrogens with one attached hydrogen (secondary N) is 1. The van der Waals surface area contributed by atoms with E-state index in [9.17, 15) is 4.79 Å². The molecule has 2 rings (SSSR count). The Balaban J connectivity index is 1.72. The predicted molar refractivity (Wildman–Crippen MR) is 93.7 cm³/mol. The quantitative estimate of drug-likeness (QED) is 0.782. The second kappa shape index (κ2) is 7.84. The number of carbonyl (C=O) groups is 1. The Hall–Kier alpha value is -0.810. The SMILES string of the molecule is CCCN(CCNC1CC(C)N(C2CC2)C1)C(=O)OC(C)(C)C. The van der Waals surface area contributed by atoms with Gasteiger partial charge in [-0.2, -0.15) is 0 Å². The van der Waals surface area contributed by atoms with Gasteiger partial charge in [-0.3, -0.25) is 4.90 Å². The molecule has 2 aliphatic rings. The molecule has 1 saturated carbocycles. The van der Waals surface area contributed by atoms with Crippen molar-refractivity contribution >= 4 is 6.09 Å². The summed E-state index contributed by atoms with van der Waals surface area (Å²) in [5.41, 5.74) is -0.428. The van der Waals surface area contributed by atoms with E-state index in [-0.39, 0.29) is 6.09 Å². The van der Waals surface area contributed by atoms with Gasteiger partial charge in [0.15, 0.2) is 0 Å². The van der Waals surface area contributed by atoms with Gasteiger partial charge in [-0.15, -0.1) is 0 Å². The number of amides is 1. The van der Waals surface area contributed by atoms with Gasteiger partial charge in [0, 0.05) is 44.3 Å². The van der Waals surface area contributed by atoms with Gasteiger partial charge in [-0.25, -0.2) is 4.79 Å². The van der Waals surface area contributed by atoms with Gasteiger partial charge in [-0.05, 0) is 53.4 Å². The van der Waals surface area contributed by atoms with Crippen molar-refractivity contribution in [2.75, 3.05) is 26.2 Å². The number of rotatable bonds is 7. The summed E-state index contributed by atoms with van der Waals surface area (Å²) in [5.74, 6) is 0. The van der Waals surface area contributed by atoms with E-state index in [2.05, 4.69) is 24.1 Å². The molecule has 1 aliphatic heterocycles. The summed E-state index contributed by atoms with van der Waals surface area (Å²) < 4.78 is 5.50. The predicted octanol–water partition coefficient (Wildman–Crippen LogP) is 2.85. The Morgan fingerprint density at radius 1 is 1.30 bits per heavy atom. The van der Waals surface area contributed by atoms with Crippen LogP contribution in [-0.4, -0.2) is 65.8 Å². The summed E-state index contributed by atoms with van der Waals surface area (Å²) in [6, 6.07) is 2.10. The van der Waals surface area contributed by atoms with E-state index in [1.54, 1.807) is 0 Å². The fourth-order valence-corrected chi connectivity index (χ4v) is 3.41. The third kappa shape index (κ3) is 5.96. The van der Waals surface area contributed by atoms with Crippen molar-refractivity contribution in [2.45, 2.75) is 84.0 Å². The van der Waals surface area contributed by atoms with E-state index >= 15 is 0 Å². The zero-order valence-corrected chi connectivity index (χ0v) is 15.6. The maximum atomic E-state index is 12.2. The number of likely N-dealkylation sites (tertiary alicyclic amines) is 1. The number of carbonyl (C=O) groups excluding carboxylic acids is 1. The first kappa shape index (κ1) is 18.5. The minimum absolute atomic E-state index is 0.194. The van der Waals surface area contributed by atoms with Crippen LogP contribution >= 0.6 is 0 Å². The highest BCUT2D eigenvalue weighted by molar-refractivity contribution is 5.68. The van der Waals surface area contributed by atoms with Crippen LogP contribution in [0.2, 0.25) is 0 Å². The third-order valence-corrected chi connectivity index (χ3v) is 4.60. The lowest BCUT2D eigenvalue weighted by Crippen LogP contribution is -2.43. The molecule has 2 fully saturated rings.